The van der Waals surface area contributed by atoms with E-state index in [2.05, 4.69) is 9.15 Å². The molecule has 6 aromatic rings. The first kappa shape index (κ1) is 42.0. The molecule has 302 valence electrons. The van der Waals surface area contributed by atoms with E-state index in [1.807, 2.05) is 49.4 Å². The van der Waals surface area contributed by atoms with Crippen molar-refractivity contribution < 1.29 is 29.0 Å². The summed E-state index contributed by atoms with van der Waals surface area (Å²) in [5.74, 6) is -0.158. The van der Waals surface area contributed by atoms with Crippen molar-refractivity contribution in [2.75, 3.05) is 27.3 Å². The summed E-state index contributed by atoms with van der Waals surface area (Å²) in [4.78, 5) is 59.7. The van der Waals surface area contributed by atoms with Crippen molar-refractivity contribution in [3.63, 3.8) is 0 Å². The average Bonchev–Trinajstić information content (AvgIpc) is 3.63. The van der Waals surface area contributed by atoms with E-state index in [0.717, 1.165) is 39.7 Å². The van der Waals surface area contributed by atoms with Crippen molar-refractivity contribution >= 4 is 68.8 Å². The fourth-order valence-electron chi connectivity index (χ4n) is 7.39. The maximum Gasteiger partial charge on any atom is 0.295 e. The second kappa shape index (κ2) is 17.5. The summed E-state index contributed by atoms with van der Waals surface area (Å²) in [5.41, 5.74) is 4.89. The van der Waals surface area contributed by atoms with Crippen LogP contribution in [0.5, 0.6) is 11.5 Å². The van der Waals surface area contributed by atoms with E-state index < -0.39 is 27.8 Å². The molecule has 16 heteroatoms. The number of aromatic nitrogens is 2. The fourth-order valence-corrected chi connectivity index (χ4v) is 8.06. The predicted octanol–water partition coefficient (Wildman–Crippen LogP) is 9.79. The van der Waals surface area contributed by atoms with Gasteiger partial charge in [-0.3, -0.25) is 19.0 Å². The van der Waals surface area contributed by atoms with Gasteiger partial charge in [-0.15, -0.1) is 15.0 Å². The van der Waals surface area contributed by atoms with E-state index in [0.29, 0.717) is 51.0 Å². The predicted molar refractivity (Wildman–Crippen MR) is 227 cm³/mol. The Labute approximate surface area is 349 Å². The van der Waals surface area contributed by atoms with Crippen LogP contribution in [0, 0.1) is 28.9 Å². The zero-order chi connectivity index (χ0) is 41.9. The molecular weight excluding hydrogens is 805 g/mol. The number of methoxy groups -OCH3 is 2. The summed E-state index contributed by atoms with van der Waals surface area (Å²) in [6.45, 7) is 7.70. The number of nitroso groups, excluding NO2 is 1. The third-order valence-corrected chi connectivity index (χ3v) is 11.3. The SMILES string of the molecule is COc1ccc2c(c1)c(CCN(CC(C)(C)SN=O)C(=O)C(O[N+](=O)[O-])c1c(C)n(C(=O)c3ccc(Cl)cc3)c3ccc(OC)cc13)c(C)n2Cc1ccc(Cl)cc1. The van der Waals surface area contributed by atoms with Crippen molar-refractivity contribution in [3.8, 4) is 11.5 Å². The van der Waals surface area contributed by atoms with Gasteiger partial charge in [0.25, 0.3) is 16.9 Å². The number of halogens is 2. The van der Waals surface area contributed by atoms with E-state index in [1.54, 1.807) is 70.3 Å². The minimum Gasteiger partial charge on any atom is -0.497 e. The topological polar surface area (TPSA) is 148 Å². The van der Waals surface area contributed by atoms with E-state index in [4.69, 9.17) is 37.5 Å². The molecule has 0 fully saturated rings. The minimum absolute atomic E-state index is 0.0314. The van der Waals surface area contributed by atoms with Crippen LogP contribution in [-0.2, 0) is 22.6 Å². The summed E-state index contributed by atoms with van der Waals surface area (Å²) >= 11 is 13.0. The van der Waals surface area contributed by atoms with Gasteiger partial charge < -0.3 is 18.9 Å². The third-order valence-electron chi connectivity index (χ3n) is 10.1. The number of nitrogens with zero attached hydrogens (tertiary/aromatic N) is 5. The fraction of sp³-hybridized carbons (Fsp3) is 0.286. The van der Waals surface area contributed by atoms with Gasteiger partial charge in [0, 0.05) is 85.0 Å². The molecular formula is C42H41Cl2N5O8S. The highest BCUT2D eigenvalue weighted by molar-refractivity contribution is 7.99. The Hall–Kier alpha value is -5.57. The van der Waals surface area contributed by atoms with Crippen LogP contribution in [0.4, 0.5) is 0 Å². The molecule has 1 unspecified atom stereocenters. The molecule has 0 aliphatic heterocycles. The van der Waals surface area contributed by atoms with Crippen LogP contribution in [0.1, 0.15) is 58.4 Å². The number of fused-ring (bicyclic) bond motifs is 2. The summed E-state index contributed by atoms with van der Waals surface area (Å²) in [6, 6.07) is 24.6. The number of amides is 1. The highest BCUT2D eigenvalue weighted by Gasteiger charge is 2.38. The summed E-state index contributed by atoms with van der Waals surface area (Å²) < 4.78 is 16.8. The van der Waals surface area contributed by atoms with Crippen LogP contribution in [0.15, 0.2) is 89.5 Å². The van der Waals surface area contributed by atoms with Crippen LogP contribution in [0.25, 0.3) is 21.8 Å². The van der Waals surface area contributed by atoms with E-state index in [-0.39, 0.29) is 24.3 Å². The quantitative estimate of drug-likeness (QED) is 0.0402. The smallest absolute Gasteiger partial charge is 0.295 e. The van der Waals surface area contributed by atoms with Gasteiger partial charge in [0.15, 0.2) is 0 Å². The van der Waals surface area contributed by atoms with Crippen LogP contribution in [0.3, 0.4) is 0 Å². The lowest BCUT2D eigenvalue weighted by molar-refractivity contribution is -0.766. The average molecular weight is 847 g/mol. The summed E-state index contributed by atoms with van der Waals surface area (Å²) in [7, 11) is 3.05. The molecule has 0 spiro atoms. The second-order valence-electron chi connectivity index (χ2n) is 14.3. The summed E-state index contributed by atoms with van der Waals surface area (Å²) in [6.07, 6.45) is -1.50. The molecule has 13 nitrogen and oxygen atoms in total. The van der Waals surface area contributed by atoms with Gasteiger partial charge in [0.05, 0.1) is 24.5 Å². The van der Waals surface area contributed by atoms with Crippen molar-refractivity contribution in [2.45, 2.75) is 51.5 Å². The summed E-state index contributed by atoms with van der Waals surface area (Å²) in [5, 5.41) is 13.6. The number of ether oxygens (including phenoxy) is 2. The van der Waals surface area contributed by atoms with Gasteiger partial charge in [-0.2, -0.15) is 0 Å². The van der Waals surface area contributed by atoms with Crippen LogP contribution < -0.4 is 9.47 Å². The Bertz CT molecular complexity index is 2520. The highest BCUT2D eigenvalue weighted by atomic mass is 35.5. The molecule has 4 aromatic carbocycles. The normalized spacial score (nSPS) is 12.1. The Balaban J connectivity index is 1.46. The van der Waals surface area contributed by atoms with Gasteiger partial charge in [-0.25, -0.2) is 0 Å². The molecule has 0 saturated carbocycles. The van der Waals surface area contributed by atoms with Gasteiger partial charge in [0.2, 0.25) is 6.10 Å². The van der Waals surface area contributed by atoms with E-state index in [1.165, 1.54) is 16.6 Å². The number of carbonyl (C=O) groups excluding carboxylic acids is 2. The molecule has 2 heterocycles. The maximum absolute atomic E-state index is 15.0. The third kappa shape index (κ3) is 8.79. The monoisotopic (exact) mass is 845 g/mol. The largest absolute Gasteiger partial charge is 0.497 e. The molecule has 0 saturated heterocycles. The van der Waals surface area contributed by atoms with Gasteiger partial charge in [-0.1, -0.05) is 35.3 Å². The standard InChI is InChI=1S/C42H41Cl2N5O8S/c1-25-33(34-21-31(55-5)15-17-36(34)47(25)23-27-7-11-29(43)12-8-27)19-20-46(24-42(3,4)58-45-52)41(51)39(57-49(53)54)38-26(2)48(37-18-16-32(56-6)22-35(37)38)40(50)28-9-13-30(44)14-10-28/h7-18,21-22,39H,19-20,23-24H2,1-6H3. The van der Waals surface area contributed by atoms with Crippen molar-refractivity contribution in [1.82, 2.24) is 14.0 Å². The zero-order valence-corrected chi connectivity index (χ0v) is 35.0. The number of hydrogen-bond acceptors (Lipinski definition) is 10. The second-order valence-corrected chi connectivity index (χ2v) is 16.6. The molecule has 6 rings (SSSR count). The minimum atomic E-state index is -1.82. The van der Waals surface area contributed by atoms with E-state index in [9.17, 15) is 19.8 Å². The van der Waals surface area contributed by atoms with Crippen LogP contribution in [-0.4, -0.2) is 63.0 Å². The van der Waals surface area contributed by atoms with Crippen LogP contribution >= 0.6 is 35.1 Å². The van der Waals surface area contributed by atoms with Crippen molar-refractivity contribution in [3.05, 3.63) is 144 Å². The number of benzene rings is 4. The Morgan fingerprint density at radius 2 is 1.47 bits per heavy atom. The lowest BCUT2D eigenvalue weighted by Crippen LogP contribution is -2.44. The first-order chi connectivity index (χ1) is 27.7. The molecule has 1 amide bonds. The van der Waals surface area contributed by atoms with Crippen LogP contribution in [0.2, 0.25) is 10.0 Å². The molecule has 0 N–H and O–H groups in total. The first-order valence-electron chi connectivity index (χ1n) is 18.2. The van der Waals surface area contributed by atoms with Crippen molar-refractivity contribution in [2.24, 2.45) is 4.58 Å². The first-order valence-corrected chi connectivity index (χ1v) is 19.7. The van der Waals surface area contributed by atoms with E-state index >= 15 is 4.79 Å². The molecule has 0 aliphatic rings. The zero-order valence-electron chi connectivity index (χ0n) is 32.7. The molecule has 0 aliphatic carbocycles. The Morgan fingerprint density at radius 3 is 2.05 bits per heavy atom. The number of hydrogen-bond donors (Lipinski definition) is 0. The Kier molecular flexibility index (Phi) is 12.7. The Morgan fingerprint density at radius 1 is 0.879 bits per heavy atom. The lowest BCUT2D eigenvalue weighted by atomic mass is 10.0. The van der Waals surface area contributed by atoms with Gasteiger partial charge in [0.1, 0.15) is 11.5 Å². The van der Waals surface area contributed by atoms with Gasteiger partial charge in [-0.05, 0) is 118 Å². The van der Waals surface area contributed by atoms with Gasteiger partial charge >= 0.3 is 0 Å². The molecule has 58 heavy (non-hydrogen) atoms. The molecule has 0 bridgehead atoms. The maximum atomic E-state index is 15.0. The highest BCUT2D eigenvalue weighted by Crippen LogP contribution is 2.38. The molecule has 2 aromatic heterocycles. The molecule has 0 radical (unpaired) electrons. The number of rotatable bonds is 16. The van der Waals surface area contributed by atoms with Crippen molar-refractivity contribution in [1.29, 1.82) is 0 Å². The molecule has 1 atom stereocenters. The number of carbonyl (C=O) groups is 2. The lowest BCUT2D eigenvalue weighted by Gasteiger charge is -2.32.